The van der Waals surface area contributed by atoms with Gasteiger partial charge < -0.3 is 4.90 Å². The van der Waals surface area contributed by atoms with Gasteiger partial charge in [-0.05, 0) is 32.7 Å². The molecule has 0 aromatic heterocycles. The van der Waals surface area contributed by atoms with E-state index in [9.17, 15) is 0 Å². The minimum Gasteiger partial charge on any atom is -0.306 e. The molecule has 1 fully saturated rings. The van der Waals surface area contributed by atoms with E-state index in [0.717, 1.165) is 6.42 Å². The van der Waals surface area contributed by atoms with Crippen LogP contribution in [0.4, 0.5) is 0 Å². The van der Waals surface area contributed by atoms with Crippen LogP contribution < -0.4 is 0 Å². The van der Waals surface area contributed by atoms with E-state index in [1.807, 2.05) is 0 Å². The molecule has 1 aliphatic carbocycles. The minimum atomic E-state index is 1.11. The van der Waals surface area contributed by atoms with Crippen molar-refractivity contribution in [3.8, 4) is 0 Å². The largest absolute Gasteiger partial charge is 0.306 e. The first-order valence-corrected chi connectivity index (χ1v) is 5.55. The number of fused-ring (bicyclic) bond motifs is 2. The molecule has 0 saturated carbocycles. The quantitative estimate of drug-likeness (QED) is 0.530. The van der Waals surface area contributed by atoms with Gasteiger partial charge in [0.25, 0.3) is 0 Å². The SMILES string of the molecule is CN1CCC2=CC=CCC=C(CC1)C2. The zero-order chi connectivity index (χ0) is 9.80. The fourth-order valence-corrected chi connectivity index (χ4v) is 2.08. The Morgan fingerprint density at radius 2 is 1.93 bits per heavy atom. The number of likely N-dealkylation sites (tertiary alicyclic amines) is 1. The van der Waals surface area contributed by atoms with E-state index in [0.29, 0.717) is 0 Å². The summed E-state index contributed by atoms with van der Waals surface area (Å²) in [4.78, 5) is 2.44. The van der Waals surface area contributed by atoms with Crippen LogP contribution in [0.2, 0.25) is 0 Å². The molecule has 1 saturated heterocycles. The van der Waals surface area contributed by atoms with Crippen molar-refractivity contribution in [1.29, 1.82) is 0 Å². The lowest BCUT2D eigenvalue weighted by Gasteiger charge is -2.23. The summed E-state index contributed by atoms with van der Waals surface area (Å²) < 4.78 is 0. The highest BCUT2D eigenvalue weighted by Crippen LogP contribution is 2.22. The molecule has 2 rings (SSSR count). The highest BCUT2D eigenvalue weighted by Gasteiger charge is 2.10. The van der Waals surface area contributed by atoms with Crippen LogP contribution in [0, 0.1) is 0 Å². The summed E-state index contributed by atoms with van der Waals surface area (Å²) in [5, 5.41) is 0. The molecule has 0 radical (unpaired) electrons. The predicted octanol–water partition coefficient (Wildman–Crippen LogP) is 2.91. The van der Waals surface area contributed by atoms with Crippen molar-refractivity contribution in [3.05, 3.63) is 35.5 Å². The first-order valence-electron chi connectivity index (χ1n) is 5.55. The second-order valence-electron chi connectivity index (χ2n) is 4.33. The van der Waals surface area contributed by atoms with Crippen LogP contribution in [0.3, 0.4) is 0 Å². The van der Waals surface area contributed by atoms with Crippen LogP contribution in [-0.2, 0) is 0 Å². The van der Waals surface area contributed by atoms with E-state index in [1.165, 1.54) is 32.4 Å². The van der Waals surface area contributed by atoms with Gasteiger partial charge in [-0.3, -0.25) is 0 Å². The molecule has 0 N–H and O–H groups in total. The Kier molecular flexibility index (Phi) is 3.20. The van der Waals surface area contributed by atoms with Crippen molar-refractivity contribution in [2.75, 3.05) is 20.1 Å². The Balaban J connectivity index is 2.17. The molecule has 0 atom stereocenters. The summed E-state index contributed by atoms with van der Waals surface area (Å²) in [7, 11) is 2.22. The maximum absolute atomic E-state index is 2.44. The first kappa shape index (κ1) is 9.72. The molecule has 76 valence electrons. The van der Waals surface area contributed by atoms with Gasteiger partial charge in [-0.25, -0.2) is 0 Å². The predicted molar refractivity (Wildman–Crippen MR) is 61.3 cm³/mol. The van der Waals surface area contributed by atoms with Crippen LogP contribution in [0.5, 0.6) is 0 Å². The average Bonchev–Trinajstić information content (AvgIpc) is 2.11. The maximum Gasteiger partial charge on any atom is 0.00159 e. The van der Waals surface area contributed by atoms with Gasteiger partial charge in [0.05, 0.1) is 0 Å². The molecule has 1 heteroatoms. The van der Waals surface area contributed by atoms with Crippen molar-refractivity contribution in [2.45, 2.75) is 25.7 Å². The molecule has 0 amide bonds. The molecular formula is C13H19N. The van der Waals surface area contributed by atoms with E-state index in [1.54, 1.807) is 11.1 Å². The fraction of sp³-hybridized carbons (Fsp3) is 0.538. The normalized spacial score (nSPS) is 24.1. The second-order valence-corrected chi connectivity index (χ2v) is 4.33. The van der Waals surface area contributed by atoms with Crippen molar-refractivity contribution >= 4 is 0 Å². The topological polar surface area (TPSA) is 3.24 Å². The van der Waals surface area contributed by atoms with Gasteiger partial charge in [0.15, 0.2) is 0 Å². The van der Waals surface area contributed by atoms with Crippen LogP contribution in [0.25, 0.3) is 0 Å². The zero-order valence-corrected chi connectivity index (χ0v) is 9.00. The molecule has 1 heterocycles. The first-order chi connectivity index (χ1) is 6.84. The van der Waals surface area contributed by atoms with E-state index in [4.69, 9.17) is 0 Å². The summed E-state index contributed by atoms with van der Waals surface area (Å²) in [6.07, 6.45) is 14.0. The van der Waals surface area contributed by atoms with Crippen molar-refractivity contribution in [2.24, 2.45) is 0 Å². The Morgan fingerprint density at radius 1 is 1.14 bits per heavy atom. The second kappa shape index (κ2) is 4.61. The number of hydrogen-bond acceptors (Lipinski definition) is 1. The van der Waals surface area contributed by atoms with Gasteiger partial charge in [0.2, 0.25) is 0 Å². The van der Waals surface area contributed by atoms with Gasteiger partial charge in [-0.2, -0.15) is 0 Å². The fourth-order valence-electron chi connectivity index (χ4n) is 2.08. The minimum absolute atomic E-state index is 1.11. The molecule has 0 aromatic rings. The summed E-state index contributed by atoms with van der Waals surface area (Å²) in [5.41, 5.74) is 3.23. The lowest BCUT2D eigenvalue weighted by atomic mass is 9.95. The average molecular weight is 189 g/mol. The van der Waals surface area contributed by atoms with Gasteiger partial charge in [-0.15, -0.1) is 0 Å². The molecule has 1 aliphatic heterocycles. The van der Waals surface area contributed by atoms with Crippen LogP contribution in [0.15, 0.2) is 35.5 Å². The summed E-state index contributed by atoms with van der Waals surface area (Å²) in [6.45, 7) is 2.44. The van der Waals surface area contributed by atoms with Gasteiger partial charge >= 0.3 is 0 Å². The van der Waals surface area contributed by atoms with Crippen molar-refractivity contribution in [3.63, 3.8) is 0 Å². The third-order valence-corrected chi connectivity index (χ3v) is 3.09. The molecule has 0 unspecified atom stereocenters. The highest BCUT2D eigenvalue weighted by molar-refractivity contribution is 5.24. The molecule has 1 nitrogen and oxygen atoms in total. The highest BCUT2D eigenvalue weighted by atomic mass is 15.1. The van der Waals surface area contributed by atoms with E-state index in [-0.39, 0.29) is 0 Å². The molecule has 2 bridgehead atoms. The van der Waals surface area contributed by atoms with Gasteiger partial charge in [0.1, 0.15) is 0 Å². The van der Waals surface area contributed by atoms with E-state index < -0.39 is 0 Å². The summed E-state index contributed by atoms with van der Waals surface area (Å²) in [6, 6.07) is 0. The standard InChI is InChI=1S/C13H19N/c1-14-9-7-12-5-3-2-4-6-13(11-12)8-10-14/h2-3,5-6H,4,7-11H2,1H3. The zero-order valence-electron chi connectivity index (χ0n) is 9.00. The Hall–Kier alpha value is -0.820. The molecule has 0 aromatic carbocycles. The number of rotatable bonds is 0. The molecule has 14 heavy (non-hydrogen) atoms. The Labute approximate surface area is 86.8 Å². The van der Waals surface area contributed by atoms with Crippen molar-refractivity contribution < 1.29 is 0 Å². The third kappa shape index (κ3) is 2.58. The third-order valence-electron chi connectivity index (χ3n) is 3.09. The number of nitrogens with zero attached hydrogens (tertiary/aromatic N) is 1. The molecular weight excluding hydrogens is 170 g/mol. The van der Waals surface area contributed by atoms with Gasteiger partial charge in [0, 0.05) is 13.1 Å². The van der Waals surface area contributed by atoms with Crippen molar-refractivity contribution in [1.82, 2.24) is 4.90 Å². The Bertz CT molecular complexity index is 284. The maximum atomic E-state index is 2.44. The summed E-state index contributed by atoms with van der Waals surface area (Å²) in [5.74, 6) is 0. The van der Waals surface area contributed by atoms with Crippen LogP contribution in [0.1, 0.15) is 25.7 Å². The molecule has 0 spiro atoms. The van der Waals surface area contributed by atoms with E-state index >= 15 is 0 Å². The molecule has 2 aliphatic rings. The number of hydrogen-bond donors (Lipinski definition) is 0. The van der Waals surface area contributed by atoms with E-state index in [2.05, 4.69) is 36.3 Å². The lowest BCUT2D eigenvalue weighted by Crippen LogP contribution is -2.23. The smallest absolute Gasteiger partial charge is 0.00159 e. The van der Waals surface area contributed by atoms with Crippen LogP contribution >= 0.6 is 0 Å². The number of allylic oxidation sites excluding steroid dienone is 4. The lowest BCUT2D eigenvalue weighted by molar-refractivity contribution is 0.333. The summed E-state index contributed by atoms with van der Waals surface area (Å²) >= 11 is 0. The van der Waals surface area contributed by atoms with Gasteiger partial charge in [-0.1, -0.05) is 35.5 Å². The van der Waals surface area contributed by atoms with Crippen LogP contribution in [-0.4, -0.2) is 25.0 Å². The monoisotopic (exact) mass is 189 g/mol. The Morgan fingerprint density at radius 3 is 2.79 bits per heavy atom.